The average molecular weight is 221 g/mol. The topological polar surface area (TPSA) is 62.6 Å². The van der Waals surface area contributed by atoms with Crippen molar-refractivity contribution in [3.63, 3.8) is 0 Å². The molecule has 0 aliphatic heterocycles. The summed E-state index contributed by atoms with van der Waals surface area (Å²) in [6.07, 6.45) is 1.72. The lowest BCUT2D eigenvalue weighted by molar-refractivity contribution is 0.288. The van der Waals surface area contributed by atoms with E-state index >= 15 is 0 Å². The molecule has 0 aliphatic carbocycles. The van der Waals surface area contributed by atoms with Crippen molar-refractivity contribution in [3.8, 4) is 16.3 Å². The number of thiazole rings is 1. The maximum absolute atomic E-state index is 8.65. The van der Waals surface area contributed by atoms with Gasteiger partial charge in [0.2, 0.25) is 0 Å². The van der Waals surface area contributed by atoms with Gasteiger partial charge in [0, 0.05) is 17.1 Å². The zero-order chi connectivity index (χ0) is 10.7. The molecule has 6 heteroatoms. The van der Waals surface area contributed by atoms with Crippen LogP contribution in [0.2, 0.25) is 0 Å². The van der Waals surface area contributed by atoms with Gasteiger partial charge < -0.3 is 14.7 Å². The summed E-state index contributed by atoms with van der Waals surface area (Å²) in [5.74, 6) is 0.401. The first kappa shape index (κ1) is 10.2. The highest BCUT2D eigenvalue weighted by molar-refractivity contribution is 7.13. The predicted molar refractivity (Wildman–Crippen MR) is 58.4 cm³/mol. The van der Waals surface area contributed by atoms with Crippen molar-refractivity contribution in [2.45, 2.75) is 0 Å². The molecule has 1 aromatic carbocycles. The van der Waals surface area contributed by atoms with Gasteiger partial charge in [-0.3, -0.25) is 0 Å². The maximum Gasteiger partial charge on any atom is 0.707 e. The summed E-state index contributed by atoms with van der Waals surface area (Å²) >= 11 is 1.51. The van der Waals surface area contributed by atoms with Crippen LogP contribution in [0.15, 0.2) is 35.8 Å². The van der Waals surface area contributed by atoms with Gasteiger partial charge in [0.25, 0.3) is 0 Å². The molecule has 76 valence electrons. The van der Waals surface area contributed by atoms with Crippen LogP contribution in [-0.4, -0.2) is 22.4 Å². The van der Waals surface area contributed by atoms with Crippen molar-refractivity contribution >= 4 is 18.7 Å². The Labute approximate surface area is 91.0 Å². The summed E-state index contributed by atoms with van der Waals surface area (Å²) < 4.78 is 4.74. The van der Waals surface area contributed by atoms with E-state index in [-0.39, 0.29) is 0 Å². The SMILES string of the molecule is OB(O)Oc1cccc(-c2nccs2)c1. The zero-order valence-corrected chi connectivity index (χ0v) is 8.52. The minimum Gasteiger partial charge on any atom is -0.512 e. The van der Waals surface area contributed by atoms with Crippen molar-refractivity contribution in [2.75, 3.05) is 0 Å². The van der Waals surface area contributed by atoms with Crippen molar-refractivity contribution in [3.05, 3.63) is 35.8 Å². The van der Waals surface area contributed by atoms with Gasteiger partial charge in [0.1, 0.15) is 10.8 Å². The fourth-order valence-electron chi connectivity index (χ4n) is 1.19. The van der Waals surface area contributed by atoms with Gasteiger partial charge in [0.15, 0.2) is 0 Å². The van der Waals surface area contributed by atoms with Crippen LogP contribution in [0.25, 0.3) is 10.6 Å². The molecule has 2 rings (SSSR count). The van der Waals surface area contributed by atoms with E-state index in [1.165, 1.54) is 11.3 Å². The highest BCUT2D eigenvalue weighted by Crippen LogP contribution is 2.25. The standard InChI is InChI=1S/C9H8BNO3S/c12-10(13)14-8-3-1-2-7(6-8)9-11-4-5-15-9/h1-6,12-13H. The first-order chi connectivity index (χ1) is 7.25. The average Bonchev–Trinajstić information content (AvgIpc) is 2.69. The molecule has 2 aromatic rings. The third kappa shape index (κ3) is 2.56. The number of hydrogen-bond donors (Lipinski definition) is 2. The van der Waals surface area contributed by atoms with E-state index in [0.29, 0.717) is 5.75 Å². The first-order valence-corrected chi connectivity index (χ1v) is 5.16. The third-order valence-electron chi connectivity index (χ3n) is 1.75. The Morgan fingerprint density at radius 2 is 2.20 bits per heavy atom. The smallest absolute Gasteiger partial charge is 0.512 e. The van der Waals surface area contributed by atoms with Gasteiger partial charge in [-0.2, -0.15) is 0 Å². The van der Waals surface area contributed by atoms with Gasteiger partial charge in [-0.1, -0.05) is 12.1 Å². The Hall–Kier alpha value is -1.37. The van der Waals surface area contributed by atoms with Crippen molar-refractivity contribution in [1.29, 1.82) is 0 Å². The van der Waals surface area contributed by atoms with Crippen LogP contribution in [0.5, 0.6) is 5.75 Å². The van der Waals surface area contributed by atoms with Crippen LogP contribution in [-0.2, 0) is 0 Å². The molecule has 0 unspecified atom stereocenters. The fraction of sp³-hybridized carbons (Fsp3) is 0. The van der Waals surface area contributed by atoms with Crippen LogP contribution in [0.4, 0.5) is 0 Å². The van der Waals surface area contributed by atoms with E-state index in [0.717, 1.165) is 10.6 Å². The van der Waals surface area contributed by atoms with E-state index in [9.17, 15) is 0 Å². The lowest BCUT2D eigenvalue weighted by atomic mass is 10.2. The maximum atomic E-state index is 8.65. The summed E-state index contributed by atoms with van der Waals surface area (Å²) in [6, 6.07) is 7.01. The molecule has 0 bridgehead atoms. The second kappa shape index (κ2) is 4.44. The molecule has 0 aliphatic rings. The lowest BCUT2D eigenvalue weighted by Crippen LogP contribution is -2.20. The second-order valence-electron chi connectivity index (χ2n) is 2.81. The highest BCUT2D eigenvalue weighted by Gasteiger charge is 2.11. The van der Waals surface area contributed by atoms with E-state index in [1.807, 2.05) is 11.4 Å². The van der Waals surface area contributed by atoms with Gasteiger partial charge in [-0.25, -0.2) is 4.98 Å². The Balaban J connectivity index is 2.27. The van der Waals surface area contributed by atoms with Crippen LogP contribution in [0, 0.1) is 0 Å². The number of rotatable bonds is 3. The molecule has 1 aromatic heterocycles. The monoisotopic (exact) mass is 221 g/mol. The zero-order valence-electron chi connectivity index (χ0n) is 7.70. The molecule has 0 radical (unpaired) electrons. The van der Waals surface area contributed by atoms with Crippen LogP contribution in [0.3, 0.4) is 0 Å². The van der Waals surface area contributed by atoms with Crippen LogP contribution >= 0.6 is 11.3 Å². The van der Waals surface area contributed by atoms with Gasteiger partial charge in [0.05, 0.1) is 0 Å². The normalized spacial score (nSPS) is 10.0. The summed E-state index contributed by atoms with van der Waals surface area (Å²) in [5.41, 5.74) is 0.892. The van der Waals surface area contributed by atoms with Gasteiger partial charge in [-0.15, -0.1) is 11.3 Å². The van der Waals surface area contributed by atoms with E-state index in [2.05, 4.69) is 4.98 Å². The largest absolute Gasteiger partial charge is 0.707 e. The van der Waals surface area contributed by atoms with Crippen molar-refractivity contribution in [1.82, 2.24) is 4.98 Å². The van der Waals surface area contributed by atoms with Gasteiger partial charge in [-0.05, 0) is 12.1 Å². The molecule has 15 heavy (non-hydrogen) atoms. The summed E-state index contributed by atoms with van der Waals surface area (Å²) in [6.45, 7) is 0. The molecule has 1 heterocycles. The highest BCUT2D eigenvalue weighted by atomic mass is 32.1. The van der Waals surface area contributed by atoms with Crippen molar-refractivity contribution < 1.29 is 14.7 Å². The number of benzene rings is 1. The third-order valence-corrected chi connectivity index (χ3v) is 2.58. The molecular weight excluding hydrogens is 213 g/mol. The first-order valence-electron chi connectivity index (χ1n) is 4.28. The van der Waals surface area contributed by atoms with Gasteiger partial charge >= 0.3 is 7.32 Å². The Kier molecular flexibility index (Phi) is 3.01. The minimum atomic E-state index is -1.79. The summed E-state index contributed by atoms with van der Waals surface area (Å²) in [5, 5.41) is 20.0. The lowest BCUT2D eigenvalue weighted by Gasteiger charge is -2.05. The molecule has 4 nitrogen and oxygen atoms in total. The molecule has 0 saturated carbocycles. The Morgan fingerprint density at radius 3 is 2.87 bits per heavy atom. The number of nitrogens with zero attached hydrogens (tertiary/aromatic N) is 1. The Bertz CT molecular complexity index is 433. The number of aromatic nitrogens is 1. The fourth-order valence-corrected chi connectivity index (χ4v) is 1.83. The summed E-state index contributed by atoms with van der Waals surface area (Å²) in [4.78, 5) is 4.14. The van der Waals surface area contributed by atoms with E-state index < -0.39 is 7.32 Å². The predicted octanol–water partition coefficient (Wildman–Crippen LogP) is 1.16. The Morgan fingerprint density at radius 1 is 1.33 bits per heavy atom. The molecule has 0 atom stereocenters. The van der Waals surface area contributed by atoms with Crippen LogP contribution < -0.4 is 4.65 Å². The minimum absolute atomic E-state index is 0.401. The van der Waals surface area contributed by atoms with Crippen LogP contribution in [0.1, 0.15) is 0 Å². The number of hydrogen-bond acceptors (Lipinski definition) is 5. The van der Waals surface area contributed by atoms with Crippen molar-refractivity contribution in [2.24, 2.45) is 0 Å². The molecule has 0 fully saturated rings. The molecule has 0 saturated heterocycles. The molecule has 0 amide bonds. The molecule has 0 spiro atoms. The molecule has 2 N–H and O–H groups in total. The quantitative estimate of drug-likeness (QED) is 0.763. The molecular formula is C9H8BNO3S. The van der Waals surface area contributed by atoms with E-state index in [4.69, 9.17) is 14.7 Å². The second-order valence-corrected chi connectivity index (χ2v) is 3.70. The van der Waals surface area contributed by atoms with E-state index in [1.54, 1.807) is 24.4 Å². The summed E-state index contributed by atoms with van der Waals surface area (Å²) in [7, 11) is -1.79.